The molecule has 3 aromatic rings. The lowest BCUT2D eigenvalue weighted by atomic mass is 10.1. The first kappa shape index (κ1) is 18.3. The Morgan fingerprint density at radius 1 is 1.11 bits per heavy atom. The van der Waals surface area contributed by atoms with Crippen LogP contribution < -0.4 is 10.9 Å². The summed E-state index contributed by atoms with van der Waals surface area (Å²) >= 11 is 0. The fourth-order valence-electron chi connectivity index (χ4n) is 2.68. The summed E-state index contributed by atoms with van der Waals surface area (Å²) in [5, 5.41) is 10.1. The van der Waals surface area contributed by atoms with Crippen LogP contribution in [0.3, 0.4) is 0 Å². The first-order valence-electron chi connectivity index (χ1n) is 8.48. The van der Waals surface area contributed by atoms with Gasteiger partial charge in [0.2, 0.25) is 0 Å². The van der Waals surface area contributed by atoms with E-state index in [0.29, 0.717) is 22.2 Å². The van der Waals surface area contributed by atoms with E-state index >= 15 is 0 Å². The number of aromatic amines is 1. The van der Waals surface area contributed by atoms with Gasteiger partial charge in [-0.1, -0.05) is 36.4 Å². The van der Waals surface area contributed by atoms with E-state index in [9.17, 15) is 14.4 Å². The van der Waals surface area contributed by atoms with Gasteiger partial charge in [-0.2, -0.15) is 5.10 Å². The average Bonchev–Trinajstić information content (AvgIpc) is 2.66. The topological polar surface area (TPSA) is 101 Å². The molecule has 0 spiro atoms. The molecule has 7 nitrogen and oxygen atoms in total. The van der Waals surface area contributed by atoms with Crippen molar-refractivity contribution in [2.75, 3.05) is 5.32 Å². The molecule has 1 atom stereocenters. The number of fused-ring (bicyclic) bond motifs is 1. The number of anilines is 1. The van der Waals surface area contributed by atoms with E-state index in [1.807, 2.05) is 25.1 Å². The number of amides is 1. The van der Waals surface area contributed by atoms with E-state index in [2.05, 4.69) is 15.5 Å². The minimum Gasteiger partial charge on any atom is -0.452 e. The van der Waals surface area contributed by atoms with Crippen LogP contribution in [0.1, 0.15) is 18.2 Å². The quantitative estimate of drug-likeness (QED) is 0.676. The van der Waals surface area contributed by atoms with Crippen molar-refractivity contribution in [3.05, 3.63) is 70.1 Å². The van der Waals surface area contributed by atoms with Crippen LogP contribution in [0.5, 0.6) is 0 Å². The molecule has 2 aromatic carbocycles. The molecule has 1 aromatic heterocycles. The Balaban J connectivity index is 1.67. The molecular weight excluding hydrogens is 346 g/mol. The van der Waals surface area contributed by atoms with Crippen LogP contribution in [0.4, 0.5) is 5.69 Å². The standard InChI is InChI=1S/C20H19N3O4/c1-12-7-3-6-10-16(12)21-19(25)13(2)27-18(24)11-17-14-8-4-5-9-15(14)20(26)23-22-17/h3-10,13H,11H2,1-2H3,(H,21,25)(H,23,26). The maximum Gasteiger partial charge on any atom is 0.312 e. The lowest BCUT2D eigenvalue weighted by Crippen LogP contribution is -2.31. The fraction of sp³-hybridized carbons (Fsp3) is 0.200. The van der Waals surface area contributed by atoms with E-state index in [-0.39, 0.29) is 12.0 Å². The van der Waals surface area contributed by atoms with Crippen molar-refractivity contribution >= 4 is 28.3 Å². The Labute approximate surface area is 155 Å². The molecule has 0 radical (unpaired) electrons. The number of benzene rings is 2. The molecule has 0 bridgehead atoms. The number of aryl methyl sites for hydroxylation is 1. The highest BCUT2D eigenvalue weighted by Crippen LogP contribution is 2.15. The number of H-pyrrole nitrogens is 1. The first-order valence-corrected chi connectivity index (χ1v) is 8.48. The van der Waals surface area contributed by atoms with Gasteiger partial charge in [-0.05, 0) is 31.5 Å². The molecule has 0 saturated heterocycles. The molecular formula is C20H19N3O4. The molecule has 1 unspecified atom stereocenters. The number of nitrogens with one attached hydrogen (secondary N) is 2. The molecule has 0 aliphatic carbocycles. The zero-order chi connectivity index (χ0) is 19.4. The second-order valence-electron chi connectivity index (χ2n) is 6.16. The normalized spacial score (nSPS) is 11.8. The molecule has 0 aliphatic rings. The maximum absolute atomic E-state index is 12.3. The summed E-state index contributed by atoms with van der Waals surface area (Å²) in [7, 11) is 0. The number of carbonyl (C=O) groups is 2. The predicted octanol–water partition coefficient (Wildman–Crippen LogP) is 2.34. The highest BCUT2D eigenvalue weighted by atomic mass is 16.5. The van der Waals surface area contributed by atoms with Crippen LogP contribution in [-0.4, -0.2) is 28.2 Å². The van der Waals surface area contributed by atoms with E-state index < -0.39 is 18.0 Å². The zero-order valence-corrected chi connectivity index (χ0v) is 15.0. The number of nitrogens with zero attached hydrogens (tertiary/aromatic N) is 1. The van der Waals surface area contributed by atoms with Crippen molar-refractivity contribution in [2.45, 2.75) is 26.4 Å². The number of rotatable bonds is 5. The van der Waals surface area contributed by atoms with Gasteiger partial charge in [0.1, 0.15) is 0 Å². The molecule has 0 aliphatic heterocycles. The summed E-state index contributed by atoms with van der Waals surface area (Å²) in [4.78, 5) is 36.3. The third kappa shape index (κ3) is 4.20. The van der Waals surface area contributed by atoms with Gasteiger partial charge in [-0.3, -0.25) is 14.4 Å². The molecule has 2 N–H and O–H groups in total. The van der Waals surface area contributed by atoms with Gasteiger partial charge in [0.05, 0.1) is 17.5 Å². The molecule has 0 saturated carbocycles. The van der Waals surface area contributed by atoms with Crippen molar-refractivity contribution in [2.24, 2.45) is 0 Å². The Bertz CT molecular complexity index is 1060. The Morgan fingerprint density at radius 2 is 1.78 bits per heavy atom. The van der Waals surface area contributed by atoms with Gasteiger partial charge in [-0.15, -0.1) is 0 Å². The second-order valence-corrected chi connectivity index (χ2v) is 6.16. The number of hydrogen-bond acceptors (Lipinski definition) is 5. The second kappa shape index (κ2) is 7.82. The number of aromatic nitrogens is 2. The van der Waals surface area contributed by atoms with Crippen molar-refractivity contribution in [3.63, 3.8) is 0 Å². The largest absolute Gasteiger partial charge is 0.452 e. The third-order valence-corrected chi connectivity index (χ3v) is 4.17. The van der Waals surface area contributed by atoms with Crippen molar-refractivity contribution in [1.29, 1.82) is 0 Å². The molecule has 0 fully saturated rings. The van der Waals surface area contributed by atoms with Crippen molar-refractivity contribution in [3.8, 4) is 0 Å². The Hall–Kier alpha value is -3.48. The molecule has 1 amide bonds. The minimum atomic E-state index is -0.967. The van der Waals surface area contributed by atoms with E-state index in [1.54, 1.807) is 30.3 Å². The van der Waals surface area contributed by atoms with Crippen LogP contribution in [0.15, 0.2) is 53.3 Å². The maximum atomic E-state index is 12.3. The summed E-state index contributed by atoms with van der Waals surface area (Å²) < 4.78 is 5.22. The van der Waals surface area contributed by atoms with Crippen LogP contribution in [0.2, 0.25) is 0 Å². The number of esters is 1. The third-order valence-electron chi connectivity index (χ3n) is 4.17. The van der Waals surface area contributed by atoms with Crippen LogP contribution >= 0.6 is 0 Å². The monoisotopic (exact) mass is 365 g/mol. The number of hydrogen-bond donors (Lipinski definition) is 2. The van der Waals surface area contributed by atoms with Gasteiger partial charge in [0.15, 0.2) is 6.10 Å². The average molecular weight is 365 g/mol. The van der Waals surface area contributed by atoms with Gasteiger partial charge >= 0.3 is 5.97 Å². The molecule has 138 valence electrons. The fourth-order valence-corrected chi connectivity index (χ4v) is 2.68. The Morgan fingerprint density at radius 3 is 2.52 bits per heavy atom. The number of ether oxygens (including phenoxy) is 1. The van der Waals surface area contributed by atoms with Gasteiger partial charge < -0.3 is 10.1 Å². The summed E-state index contributed by atoms with van der Waals surface area (Å²) in [6, 6.07) is 14.2. The van der Waals surface area contributed by atoms with Crippen molar-refractivity contribution < 1.29 is 14.3 Å². The highest BCUT2D eigenvalue weighted by molar-refractivity contribution is 5.96. The summed E-state index contributed by atoms with van der Waals surface area (Å²) in [6.45, 7) is 3.38. The van der Waals surface area contributed by atoms with Gasteiger partial charge in [0, 0.05) is 11.1 Å². The molecule has 1 heterocycles. The molecule has 7 heteroatoms. The van der Waals surface area contributed by atoms with E-state index in [1.165, 1.54) is 6.92 Å². The first-order chi connectivity index (χ1) is 13.0. The predicted molar refractivity (Wildman–Crippen MR) is 101 cm³/mol. The Kier molecular flexibility index (Phi) is 5.30. The van der Waals surface area contributed by atoms with E-state index in [0.717, 1.165) is 5.56 Å². The van der Waals surface area contributed by atoms with Gasteiger partial charge in [-0.25, -0.2) is 5.10 Å². The number of carbonyl (C=O) groups excluding carboxylic acids is 2. The number of para-hydroxylation sites is 1. The summed E-state index contributed by atoms with van der Waals surface area (Å²) in [5.74, 6) is -1.02. The molecule has 3 rings (SSSR count). The highest BCUT2D eigenvalue weighted by Gasteiger charge is 2.20. The lowest BCUT2D eigenvalue weighted by Gasteiger charge is -2.14. The SMILES string of the molecule is Cc1ccccc1NC(=O)C(C)OC(=O)Cc1n[nH]c(=O)c2ccccc12. The van der Waals surface area contributed by atoms with Crippen LogP contribution in [0, 0.1) is 6.92 Å². The zero-order valence-electron chi connectivity index (χ0n) is 15.0. The molecule has 27 heavy (non-hydrogen) atoms. The summed E-state index contributed by atoms with van der Waals surface area (Å²) in [5.41, 5.74) is 1.64. The van der Waals surface area contributed by atoms with Gasteiger partial charge in [0.25, 0.3) is 11.5 Å². The van der Waals surface area contributed by atoms with E-state index in [4.69, 9.17) is 4.74 Å². The minimum absolute atomic E-state index is 0.153. The smallest absolute Gasteiger partial charge is 0.312 e. The van der Waals surface area contributed by atoms with Crippen LogP contribution in [0.25, 0.3) is 10.8 Å². The van der Waals surface area contributed by atoms with Crippen LogP contribution in [-0.2, 0) is 20.7 Å². The summed E-state index contributed by atoms with van der Waals surface area (Å²) in [6.07, 6.45) is -1.12. The van der Waals surface area contributed by atoms with Crippen molar-refractivity contribution in [1.82, 2.24) is 10.2 Å². The lowest BCUT2D eigenvalue weighted by molar-refractivity contribution is -0.152.